The molecule has 0 saturated carbocycles. The summed E-state index contributed by atoms with van der Waals surface area (Å²) >= 11 is 5.80. The lowest BCUT2D eigenvalue weighted by Gasteiger charge is -2.34. The minimum Gasteiger partial charge on any atom is -0.354 e. The van der Waals surface area contributed by atoms with Gasteiger partial charge >= 0.3 is 0 Å². The van der Waals surface area contributed by atoms with Crippen molar-refractivity contribution >= 4 is 23.4 Å². The summed E-state index contributed by atoms with van der Waals surface area (Å²) < 4.78 is 0. The van der Waals surface area contributed by atoms with Gasteiger partial charge in [0, 0.05) is 17.1 Å². The molecular weight excluding hydrogens is 314 g/mol. The van der Waals surface area contributed by atoms with Crippen LogP contribution in [0.25, 0.3) is 0 Å². The highest BCUT2D eigenvalue weighted by Crippen LogP contribution is 2.26. The van der Waals surface area contributed by atoms with E-state index in [4.69, 9.17) is 11.6 Å². The molecule has 1 aliphatic rings. The van der Waals surface area contributed by atoms with E-state index in [0.29, 0.717) is 17.1 Å². The van der Waals surface area contributed by atoms with Gasteiger partial charge in [-0.1, -0.05) is 18.5 Å². The van der Waals surface area contributed by atoms with Gasteiger partial charge in [0.15, 0.2) is 0 Å². The molecule has 1 unspecified atom stereocenters. The van der Waals surface area contributed by atoms with Gasteiger partial charge in [-0.2, -0.15) is 0 Å². The third kappa shape index (κ3) is 5.22. The molecule has 1 fully saturated rings. The Bertz CT molecular complexity index is 553. The fourth-order valence-electron chi connectivity index (χ4n) is 2.61. The van der Waals surface area contributed by atoms with E-state index >= 15 is 0 Å². The zero-order valence-electron chi connectivity index (χ0n) is 13.6. The maximum absolute atomic E-state index is 12.2. The summed E-state index contributed by atoms with van der Waals surface area (Å²) in [6.45, 7) is 6.47. The summed E-state index contributed by atoms with van der Waals surface area (Å²) in [5.41, 5.74) is 0.611. The standard InChI is InChI=1S/C17H24ClN3O2/c1-12(21-16(23)13-3-5-14(18)6-4-13)15(22)20-11-17(2)7-9-19-10-8-17/h3-6,12,19H,7-11H2,1-2H3,(H,20,22)(H,21,23). The first-order valence-corrected chi connectivity index (χ1v) is 8.32. The minimum absolute atomic E-state index is 0.126. The van der Waals surface area contributed by atoms with Crippen molar-refractivity contribution in [1.29, 1.82) is 0 Å². The van der Waals surface area contributed by atoms with Crippen LogP contribution in [-0.2, 0) is 4.79 Å². The maximum atomic E-state index is 12.2. The fraction of sp³-hybridized carbons (Fsp3) is 0.529. The van der Waals surface area contributed by atoms with Crippen molar-refractivity contribution in [2.45, 2.75) is 32.7 Å². The molecule has 0 aromatic heterocycles. The Morgan fingerprint density at radius 3 is 2.48 bits per heavy atom. The molecular formula is C17H24ClN3O2. The zero-order valence-corrected chi connectivity index (χ0v) is 14.4. The van der Waals surface area contributed by atoms with E-state index in [1.54, 1.807) is 31.2 Å². The van der Waals surface area contributed by atoms with E-state index in [1.807, 2.05) is 0 Å². The Labute approximate surface area is 142 Å². The minimum atomic E-state index is -0.580. The van der Waals surface area contributed by atoms with Crippen LogP contribution < -0.4 is 16.0 Å². The third-order valence-corrected chi connectivity index (χ3v) is 4.60. The summed E-state index contributed by atoms with van der Waals surface area (Å²) in [5, 5.41) is 9.56. The molecule has 6 heteroatoms. The summed E-state index contributed by atoms with van der Waals surface area (Å²) in [7, 11) is 0. The lowest BCUT2D eigenvalue weighted by Crippen LogP contribution is -2.49. The Morgan fingerprint density at radius 2 is 1.87 bits per heavy atom. The van der Waals surface area contributed by atoms with Crippen LogP contribution in [0, 0.1) is 5.41 Å². The Morgan fingerprint density at radius 1 is 1.26 bits per heavy atom. The first-order valence-electron chi connectivity index (χ1n) is 7.94. The summed E-state index contributed by atoms with van der Waals surface area (Å²) in [6.07, 6.45) is 2.08. The molecule has 0 spiro atoms. The lowest BCUT2D eigenvalue weighted by molar-refractivity contribution is -0.123. The van der Waals surface area contributed by atoms with E-state index in [9.17, 15) is 9.59 Å². The SMILES string of the molecule is CC(NC(=O)c1ccc(Cl)cc1)C(=O)NCC1(C)CCNCC1. The highest BCUT2D eigenvalue weighted by Gasteiger charge is 2.28. The normalized spacial score (nSPS) is 18.0. The van der Waals surface area contributed by atoms with Gasteiger partial charge in [-0.3, -0.25) is 9.59 Å². The number of piperidine rings is 1. The zero-order chi connectivity index (χ0) is 16.9. The lowest BCUT2D eigenvalue weighted by atomic mass is 9.81. The van der Waals surface area contributed by atoms with Gasteiger partial charge in [-0.05, 0) is 62.5 Å². The number of hydrogen-bond donors (Lipinski definition) is 3. The van der Waals surface area contributed by atoms with Crippen molar-refractivity contribution in [2.24, 2.45) is 5.41 Å². The topological polar surface area (TPSA) is 70.2 Å². The average molecular weight is 338 g/mol. The van der Waals surface area contributed by atoms with Gasteiger partial charge in [-0.15, -0.1) is 0 Å². The van der Waals surface area contributed by atoms with Crippen LogP contribution in [0.15, 0.2) is 24.3 Å². The molecule has 2 rings (SSSR count). The Hall–Kier alpha value is -1.59. The predicted molar refractivity (Wildman–Crippen MR) is 91.6 cm³/mol. The second-order valence-corrected chi connectivity index (χ2v) is 6.92. The van der Waals surface area contributed by atoms with Crippen LogP contribution in [0.2, 0.25) is 5.02 Å². The van der Waals surface area contributed by atoms with Gasteiger partial charge in [-0.25, -0.2) is 0 Å². The largest absolute Gasteiger partial charge is 0.354 e. The molecule has 1 saturated heterocycles. The molecule has 1 aliphatic heterocycles. The molecule has 0 radical (unpaired) electrons. The molecule has 1 aromatic carbocycles. The molecule has 3 N–H and O–H groups in total. The number of rotatable bonds is 5. The van der Waals surface area contributed by atoms with Gasteiger partial charge in [0.05, 0.1) is 0 Å². The van der Waals surface area contributed by atoms with Crippen LogP contribution in [0.4, 0.5) is 0 Å². The van der Waals surface area contributed by atoms with Crippen molar-refractivity contribution in [1.82, 2.24) is 16.0 Å². The average Bonchev–Trinajstić information content (AvgIpc) is 2.54. The highest BCUT2D eigenvalue weighted by atomic mass is 35.5. The van der Waals surface area contributed by atoms with Crippen molar-refractivity contribution in [3.05, 3.63) is 34.9 Å². The van der Waals surface area contributed by atoms with Crippen LogP contribution >= 0.6 is 11.6 Å². The molecule has 0 bridgehead atoms. The van der Waals surface area contributed by atoms with E-state index < -0.39 is 6.04 Å². The van der Waals surface area contributed by atoms with Crippen molar-refractivity contribution < 1.29 is 9.59 Å². The second kappa shape index (κ2) is 7.79. The van der Waals surface area contributed by atoms with Crippen LogP contribution in [0.3, 0.4) is 0 Å². The number of nitrogens with one attached hydrogen (secondary N) is 3. The van der Waals surface area contributed by atoms with Crippen molar-refractivity contribution in [3.63, 3.8) is 0 Å². The molecule has 126 valence electrons. The molecule has 1 aromatic rings. The van der Waals surface area contributed by atoms with Gasteiger partial charge < -0.3 is 16.0 Å². The smallest absolute Gasteiger partial charge is 0.251 e. The number of hydrogen-bond acceptors (Lipinski definition) is 3. The Kier molecular flexibility index (Phi) is 6.02. The van der Waals surface area contributed by atoms with E-state index in [-0.39, 0.29) is 17.2 Å². The van der Waals surface area contributed by atoms with Gasteiger partial charge in [0.25, 0.3) is 5.91 Å². The monoisotopic (exact) mass is 337 g/mol. The third-order valence-electron chi connectivity index (χ3n) is 4.35. The molecule has 2 amide bonds. The first kappa shape index (κ1) is 17.8. The maximum Gasteiger partial charge on any atom is 0.251 e. The number of carbonyl (C=O) groups is 2. The second-order valence-electron chi connectivity index (χ2n) is 6.48. The first-order chi connectivity index (χ1) is 10.9. The quantitative estimate of drug-likeness (QED) is 0.769. The number of carbonyl (C=O) groups excluding carboxylic acids is 2. The van der Waals surface area contributed by atoms with Gasteiger partial charge in [0.2, 0.25) is 5.91 Å². The Balaban J connectivity index is 1.82. The number of halogens is 1. The van der Waals surface area contributed by atoms with E-state index in [2.05, 4.69) is 22.9 Å². The number of benzene rings is 1. The molecule has 1 atom stereocenters. The van der Waals surface area contributed by atoms with E-state index in [0.717, 1.165) is 25.9 Å². The van der Waals surface area contributed by atoms with Crippen LogP contribution in [0.5, 0.6) is 0 Å². The summed E-state index contributed by atoms with van der Waals surface area (Å²) in [4.78, 5) is 24.3. The summed E-state index contributed by atoms with van der Waals surface area (Å²) in [5.74, 6) is -0.440. The molecule has 1 heterocycles. The van der Waals surface area contributed by atoms with Crippen molar-refractivity contribution in [2.75, 3.05) is 19.6 Å². The fourth-order valence-corrected chi connectivity index (χ4v) is 2.73. The van der Waals surface area contributed by atoms with Crippen molar-refractivity contribution in [3.8, 4) is 0 Å². The van der Waals surface area contributed by atoms with Crippen LogP contribution in [-0.4, -0.2) is 37.5 Å². The molecule has 0 aliphatic carbocycles. The van der Waals surface area contributed by atoms with E-state index in [1.165, 1.54) is 0 Å². The molecule has 23 heavy (non-hydrogen) atoms. The molecule has 5 nitrogen and oxygen atoms in total. The predicted octanol–water partition coefficient (Wildman–Crippen LogP) is 1.96. The van der Waals surface area contributed by atoms with Gasteiger partial charge in [0.1, 0.15) is 6.04 Å². The highest BCUT2D eigenvalue weighted by molar-refractivity contribution is 6.30. The van der Waals surface area contributed by atoms with Crippen LogP contribution in [0.1, 0.15) is 37.0 Å². The summed E-state index contributed by atoms with van der Waals surface area (Å²) in [6, 6.07) is 6.00. The number of amides is 2.